The van der Waals surface area contributed by atoms with Crippen LogP contribution in [0.5, 0.6) is 0 Å². The third kappa shape index (κ3) is 2.86. The highest BCUT2D eigenvalue weighted by atomic mass is 19.4. The van der Waals surface area contributed by atoms with Crippen LogP contribution in [0.25, 0.3) is 10.8 Å². The zero-order valence-corrected chi connectivity index (χ0v) is 17.8. The molecular formula is C22H16F7N3O3. The first-order valence-corrected chi connectivity index (χ1v) is 10.5. The maximum absolute atomic E-state index is 14.2. The lowest BCUT2D eigenvalue weighted by molar-refractivity contribution is -0.346. The third-order valence-electron chi connectivity index (χ3n) is 7.04. The van der Waals surface area contributed by atoms with E-state index in [0.717, 1.165) is 9.80 Å². The Bertz CT molecular complexity index is 1260. The number of fused-ring (bicyclic) bond motifs is 6. The monoisotopic (exact) mass is 503 g/mol. The van der Waals surface area contributed by atoms with Gasteiger partial charge < -0.3 is 9.80 Å². The number of hydrogen-bond donors (Lipinski definition) is 0. The second kappa shape index (κ2) is 7.08. The van der Waals surface area contributed by atoms with Crippen molar-refractivity contribution in [2.24, 2.45) is 5.92 Å². The minimum atomic E-state index is -6.67. The van der Waals surface area contributed by atoms with Crippen LogP contribution in [0.2, 0.25) is 0 Å². The van der Waals surface area contributed by atoms with Crippen molar-refractivity contribution in [1.82, 2.24) is 9.80 Å². The smallest absolute Gasteiger partial charge is 0.329 e. The summed E-state index contributed by atoms with van der Waals surface area (Å²) in [5.74, 6) is -17.1. The van der Waals surface area contributed by atoms with E-state index in [4.69, 9.17) is 0 Å². The van der Waals surface area contributed by atoms with Crippen molar-refractivity contribution in [3.05, 3.63) is 42.5 Å². The molecule has 6 nitrogen and oxygen atoms in total. The van der Waals surface area contributed by atoms with Gasteiger partial charge in [0.25, 0.3) is 11.8 Å². The topological polar surface area (TPSA) is 60.9 Å². The van der Waals surface area contributed by atoms with Gasteiger partial charge in [-0.15, -0.1) is 0 Å². The first-order valence-electron chi connectivity index (χ1n) is 10.5. The molecule has 2 aromatic rings. The number of imide groups is 1. The Morgan fingerprint density at radius 2 is 1.57 bits per heavy atom. The molecule has 0 aliphatic carbocycles. The number of nitrogens with zero attached hydrogens (tertiary/aromatic N) is 3. The van der Waals surface area contributed by atoms with Gasteiger partial charge in [0.15, 0.2) is 0 Å². The van der Waals surface area contributed by atoms with Crippen LogP contribution >= 0.6 is 0 Å². The van der Waals surface area contributed by atoms with E-state index in [9.17, 15) is 45.1 Å². The lowest BCUT2D eigenvalue weighted by Crippen LogP contribution is -2.64. The van der Waals surface area contributed by atoms with Gasteiger partial charge in [0, 0.05) is 17.8 Å². The molecule has 3 aliphatic rings. The third-order valence-corrected chi connectivity index (χ3v) is 7.04. The van der Waals surface area contributed by atoms with Gasteiger partial charge >= 0.3 is 24.1 Å². The Morgan fingerprint density at radius 3 is 2.23 bits per heavy atom. The van der Waals surface area contributed by atoms with E-state index in [2.05, 4.69) is 0 Å². The Kier molecular flexibility index (Phi) is 4.72. The summed E-state index contributed by atoms with van der Waals surface area (Å²) >= 11 is 0. The average Bonchev–Trinajstić information content (AvgIpc) is 3.36. The Labute approximate surface area is 192 Å². The second-order valence-corrected chi connectivity index (χ2v) is 8.83. The van der Waals surface area contributed by atoms with Crippen molar-refractivity contribution in [3.63, 3.8) is 0 Å². The quantitative estimate of drug-likeness (QED) is 0.470. The van der Waals surface area contributed by atoms with Gasteiger partial charge in [-0.25, -0.2) is 9.69 Å². The summed E-state index contributed by atoms with van der Waals surface area (Å²) in [5, 5.41) is 1.22. The predicted molar refractivity (Wildman–Crippen MR) is 107 cm³/mol. The highest BCUT2D eigenvalue weighted by Gasteiger charge is 2.78. The number of urea groups is 1. The standard InChI is InChI=1S/C22H16F7N3O3/c1-10-14-9-30(18(34)20(23,24)21(25,26)22(27,28)29)15(10)16-17(33)32(19(35)31(14)16)13-8-4-6-11-5-2-3-7-12(11)13/h2-8,10,14-16H,9H2,1H3/t10-,14?,15?,16?/m0/s1. The number of piperazine rings is 1. The molecule has 0 spiro atoms. The predicted octanol–water partition coefficient (Wildman–Crippen LogP) is 4.04. The second-order valence-electron chi connectivity index (χ2n) is 8.83. The number of hydrogen-bond acceptors (Lipinski definition) is 3. The summed E-state index contributed by atoms with van der Waals surface area (Å²) in [5.41, 5.74) is 0.200. The lowest BCUT2D eigenvalue weighted by atomic mass is 9.98. The number of amides is 4. The molecule has 2 bridgehead atoms. The SMILES string of the molecule is C[C@@H]1C2C3C(=O)N(c4cccc5ccccc45)C(=O)N3C1CN2C(=O)C(F)(F)C(F)(F)C(F)(F)F. The van der Waals surface area contributed by atoms with Crippen LogP contribution in [0.3, 0.4) is 0 Å². The molecule has 2 aromatic carbocycles. The fourth-order valence-corrected chi connectivity index (χ4v) is 5.37. The molecule has 0 aromatic heterocycles. The number of likely N-dealkylation sites (tertiary alicyclic amines) is 1. The Hall–Kier alpha value is -3.38. The molecule has 4 amide bonds. The number of halogens is 7. The van der Waals surface area contributed by atoms with E-state index in [1.807, 2.05) is 0 Å². The summed E-state index contributed by atoms with van der Waals surface area (Å²) in [6, 6.07) is 6.85. The van der Waals surface area contributed by atoms with E-state index in [1.54, 1.807) is 36.4 Å². The van der Waals surface area contributed by atoms with Crippen LogP contribution in [0, 0.1) is 5.92 Å². The van der Waals surface area contributed by atoms with Gasteiger partial charge in [0.1, 0.15) is 6.04 Å². The molecule has 5 rings (SSSR count). The molecule has 0 saturated carbocycles. The normalized spacial score (nSPS) is 26.8. The summed E-state index contributed by atoms with van der Waals surface area (Å²) < 4.78 is 93.3. The molecule has 0 radical (unpaired) electrons. The molecule has 0 N–H and O–H groups in total. The maximum atomic E-state index is 14.2. The van der Waals surface area contributed by atoms with Gasteiger partial charge in [0.05, 0.1) is 17.8 Å². The van der Waals surface area contributed by atoms with Crippen LogP contribution in [0.1, 0.15) is 6.92 Å². The van der Waals surface area contributed by atoms with E-state index in [-0.39, 0.29) is 10.6 Å². The van der Waals surface area contributed by atoms with Crippen LogP contribution in [0.15, 0.2) is 42.5 Å². The molecule has 3 saturated heterocycles. The molecule has 3 aliphatic heterocycles. The van der Waals surface area contributed by atoms with Gasteiger partial charge in [-0.3, -0.25) is 9.59 Å². The zero-order chi connectivity index (χ0) is 25.7. The van der Waals surface area contributed by atoms with Crippen molar-refractivity contribution in [1.29, 1.82) is 0 Å². The lowest BCUT2D eigenvalue weighted by Gasteiger charge is -2.38. The van der Waals surface area contributed by atoms with Crippen molar-refractivity contribution >= 4 is 34.3 Å². The van der Waals surface area contributed by atoms with Gasteiger partial charge in [-0.05, 0) is 11.5 Å². The summed E-state index contributed by atoms with van der Waals surface area (Å²) in [7, 11) is 0. The van der Waals surface area contributed by atoms with Crippen LogP contribution in [-0.2, 0) is 9.59 Å². The van der Waals surface area contributed by atoms with Gasteiger partial charge in [-0.2, -0.15) is 30.7 Å². The number of rotatable bonds is 3. The average molecular weight is 503 g/mol. The molecule has 3 unspecified atom stereocenters. The summed E-state index contributed by atoms with van der Waals surface area (Å²) in [6.45, 7) is 0.719. The molecule has 3 heterocycles. The van der Waals surface area contributed by atoms with E-state index in [0.29, 0.717) is 10.8 Å². The zero-order valence-electron chi connectivity index (χ0n) is 17.8. The largest absolute Gasteiger partial charge is 0.460 e. The molecule has 4 atom stereocenters. The first-order chi connectivity index (χ1) is 16.2. The maximum Gasteiger partial charge on any atom is 0.460 e. The van der Waals surface area contributed by atoms with Crippen molar-refractivity contribution < 1.29 is 45.1 Å². The van der Waals surface area contributed by atoms with Crippen molar-refractivity contribution in [2.75, 3.05) is 11.4 Å². The number of alkyl halides is 7. The number of carbonyl (C=O) groups excluding carboxylic acids is 3. The van der Waals surface area contributed by atoms with E-state index < -0.39 is 66.5 Å². The highest BCUT2D eigenvalue weighted by molar-refractivity contribution is 6.25. The van der Waals surface area contributed by atoms with E-state index in [1.165, 1.54) is 13.0 Å². The van der Waals surface area contributed by atoms with Crippen molar-refractivity contribution in [2.45, 2.75) is 43.1 Å². The highest BCUT2D eigenvalue weighted by Crippen LogP contribution is 2.51. The molecule has 35 heavy (non-hydrogen) atoms. The molecule has 186 valence electrons. The fraction of sp³-hybridized carbons (Fsp3) is 0.409. The number of carbonyl (C=O) groups is 3. The fourth-order valence-electron chi connectivity index (χ4n) is 5.37. The minimum absolute atomic E-state index is 0.188. The van der Waals surface area contributed by atoms with Crippen molar-refractivity contribution in [3.8, 4) is 0 Å². The van der Waals surface area contributed by atoms with Gasteiger partial charge in [0.2, 0.25) is 0 Å². The molecule has 3 fully saturated rings. The minimum Gasteiger partial charge on any atom is -0.329 e. The Balaban J connectivity index is 1.51. The number of benzene rings is 2. The first kappa shape index (κ1) is 23.4. The number of anilines is 1. The van der Waals surface area contributed by atoms with Crippen LogP contribution < -0.4 is 4.90 Å². The molecule has 13 heteroatoms. The Morgan fingerprint density at radius 1 is 0.943 bits per heavy atom. The van der Waals surface area contributed by atoms with Gasteiger partial charge in [-0.1, -0.05) is 43.3 Å². The molecular weight excluding hydrogens is 487 g/mol. The van der Waals surface area contributed by atoms with E-state index >= 15 is 0 Å². The van der Waals surface area contributed by atoms with Crippen LogP contribution in [-0.4, -0.2) is 70.3 Å². The summed E-state index contributed by atoms with van der Waals surface area (Å²) in [4.78, 5) is 41.1. The van der Waals surface area contributed by atoms with Crippen LogP contribution in [0.4, 0.5) is 41.2 Å². The summed E-state index contributed by atoms with van der Waals surface area (Å²) in [6.07, 6.45) is -6.67.